The summed E-state index contributed by atoms with van der Waals surface area (Å²) in [7, 11) is 2.03. The van der Waals surface area contributed by atoms with Crippen molar-refractivity contribution in [3.05, 3.63) is 270 Å². The van der Waals surface area contributed by atoms with Gasteiger partial charge in [0, 0.05) is 5.56 Å². The summed E-state index contributed by atoms with van der Waals surface area (Å²) < 4.78 is 33.9. The van der Waals surface area contributed by atoms with Crippen LogP contribution in [0.5, 0.6) is 28.7 Å². The Labute approximate surface area is 546 Å². The molecule has 10 aromatic carbocycles. The molecule has 1 aliphatic rings. The summed E-state index contributed by atoms with van der Waals surface area (Å²) in [5.41, 5.74) is 11.5. The average Bonchev–Trinajstić information content (AvgIpc) is 3.54. The van der Waals surface area contributed by atoms with Crippen LogP contribution in [0.3, 0.4) is 0 Å². The van der Waals surface area contributed by atoms with Gasteiger partial charge in [-0.3, -0.25) is 4.48 Å². The van der Waals surface area contributed by atoms with Gasteiger partial charge in [0.15, 0.2) is 0 Å². The van der Waals surface area contributed by atoms with Gasteiger partial charge >= 0.3 is 35.5 Å². The first-order valence-corrected chi connectivity index (χ1v) is 30.5. The van der Waals surface area contributed by atoms with Gasteiger partial charge in [-0.2, -0.15) is 0 Å². The molecule has 0 spiro atoms. The van der Waals surface area contributed by atoms with E-state index >= 15 is 0 Å². The van der Waals surface area contributed by atoms with Crippen LogP contribution in [0.25, 0.3) is 56.3 Å². The van der Waals surface area contributed by atoms with Gasteiger partial charge in [-0.05, 0) is 176 Å². The number of aromatic carboxylic acids is 1. The van der Waals surface area contributed by atoms with Crippen molar-refractivity contribution in [3.8, 4) is 62.1 Å². The Bertz CT molecular complexity index is 4050. The van der Waals surface area contributed by atoms with Crippen molar-refractivity contribution < 1.29 is 78.0 Å². The average molecular weight is 1220 g/mol. The van der Waals surface area contributed by atoms with Crippen LogP contribution in [-0.2, 0) is 15.5 Å². The Morgan fingerprint density at radius 2 is 0.978 bits per heavy atom. The molecule has 0 amide bonds. The van der Waals surface area contributed by atoms with Crippen LogP contribution >= 0.6 is 0 Å². The number of carboxylic acids is 1. The third kappa shape index (κ3) is 21.2. The first-order chi connectivity index (χ1) is 41.9. The molecule has 1 aliphatic carbocycles. The summed E-state index contributed by atoms with van der Waals surface area (Å²) in [5, 5.41) is 59.8. The number of benzene rings is 10. The maximum Gasteiger partial charge on any atom is 1.00 e. The molecule has 0 aliphatic heterocycles. The fraction of sp³-hybridized carbons (Fsp3) is 0.171. The smallest absolute Gasteiger partial charge is 0.872 e. The van der Waals surface area contributed by atoms with Crippen LogP contribution in [0, 0.1) is 0 Å². The zero-order valence-corrected chi connectivity index (χ0v) is 54.3. The molecule has 1 saturated carbocycles. The van der Waals surface area contributed by atoms with E-state index in [1.807, 2.05) is 72.8 Å². The molecule has 0 unspecified atom stereocenters. The second-order valence-corrected chi connectivity index (χ2v) is 24.6. The molecule has 13 heteroatoms. The first-order valence-electron chi connectivity index (χ1n) is 29.0. The molecule has 0 saturated heterocycles. The number of phenolic OH excluding ortho intramolecular Hbond substituents is 4. The normalized spacial score (nSPS) is 12.4. The number of carboxylic acid groups (broad SMARTS) is 1. The topological polar surface area (TPSA) is 198 Å². The van der Waals surface area contributed by atoms with Gasteiger partial charge in [-0.25, -0.2) is 13.2 Å². The zero-order chi connectivity index (χ0) is 63.4. The Balaban J connectivity index is 0.000000178. The minimum absolute atomic E-state index is 0. The molecule has 89 heavy (non-hydrogen) atoms. The molecule has 0 radical (unpaired) electrons. The van der Waals surface area contributed by atoms with E-state index in [0.717, 1.165) is 48.8 Å². The van der Waals surface area contributed by atoms with E-state index in [2.05, 4.69) is 103 Å². The molecular formula is C76H76NNaO10S. The molecule has 1 fully saturated rings. The predicted molar refractivity (Wildman–Crippen MR) is 356 cm³/mol. The van der Waals surface area contributed by atoms with Gasteiger partial charge in [-0.15, -0.1) is 5.75 Å². The van der Waals surface area contributed by atoms with E-state index in [9.17, 15) is 43.3 Å². The van der Waals surface area contributed by atoms with Crippen LogP contribution in [0.1, 0.15) is 91.4 Å². The van der Waals surface area contributed by atoms with E-state index in [0.29, 0.717) is 34.1 Å². The number of phenols is 4. The number of allylic oxidation sites excluding steroid dienone is 2. The fourth-order valence-corrected chi connectivity index (χ4v) is 10.3. The molecule has 10 aromatic rings. The van der Waals surface area contributed by atoms with Gasteiger partial charge in [0.1, 0.15) is 38.8 Å². The SMILES string of the molecule is CC(C)(C)c1ccc(-c2ccccc2O)cc1.C[N+](C)(C)c1ccc(/C=C/C=C/c2ccc(O)cc2)cc1.O=C(O)c1ccc(-c2ccccc2[O-])cc1.O=S(=O)([O-])c1ccc2cc(-c3ccc(O)cc3)ccc2c1.Oc1ccccc1C1CCCCC1.[Na+]. The first kappa shape index (κ1) is 69.4. The molecule has 0 bridgehead atoms. The molecule has 11 nitrogen and oxygen atoms in total. The predicted octanol–water partition coefficient (Wildman–Crippen LogP) is 14.4. The van der Waals surface area contributed by atoms with E-state index in [-0.39, 0.29) is 56.9 Å². The zero-order valence-electron chi connectivity index (χ0n) is 51.5. The van der Waals surface area contributed by atoms with Crippen LogP contribution in [-0.4, -0.2) is 65.6 Å². The molecular weight excluding hydrogens is 1140 g/mol. The van der Waals surface area contributed by atoms with Gasteiger partial charge < -0.3 is 35.2 Å². The number of aromatic hydroxyl groups is 4. The monoisotopic (exact) mass is 1220 g/mol. The third-order valence-electron chi connectivity index (χ3n) is 14.8. The van der Waals surface area contributed by atoms with E-state index in [1.165, 1.54) is 79.3 Å². The van der Waals surface area contributed by atoms with Crippen molar-refractivity contribution in [1.82, 2.24) is 4.48 Å². The Morgan fingerprint density at radius 3 is 1.51 bits per heavy atom. The largest absolute Gasteiger partial charge is 1.00 e. The fourth-order valence-electron chi connectivity index (χ4n) is 9.78. The van der Waals surface area contributed by atoms with Crippen LogP contribution in [0.15, 0.2) is 248 Å². The van der Waals surface area contributed by atoms with Gasteiger partial charge in [-0.1, -0.05) is 204 Å². The molecule has 11 rings (SSSR count). The van der Waals surface area contributed by atoms with Crippen molar-refractivity contribution in [1.29, 1.82) is 0 Å². The van der Waals surface area contributed by atoms with Gasteiger partial charge in [0.05, 0.1) is 31.6 Å². The van der Waals surface area contributed by atoms with Crippen LogP contribution in [0.2, 0.25) is 0 Å². The number of hydrogen-bond acceptors (Lipinski definition) is 9. The molecule has 5 N–H and O–H groups in total. The van der Waals surface area contributed by atoms with Crippen molar-refractivity contribution in [2.45, 2.75) is 69.1 Å². The van der Waals surface area contributed by atoms with Crippen LogP contribution in [0.4, 0.5) is 5.69 Å². The maximum absolute atomic E-state index is 11.5. The summed E-state index contributed by atoms with van der Waals surface area (Å²) in [6.07, 6.45) is 14.6. The summed E-state index contributed by atoms with van der Waals surface area (Å²) in [4.78, 5) is 10.4. The molecule has 452 valence electrons. The number of quaternary nitrogens is 1. The number of hydrogen-bond donors (Lipinski definition) is 5. The van der Waals surface area contributed by atoms with E-state index in [4.69, 9.17) is 5.11 Å². The number of nitrogens with zero attached hydrogens (tertiary/aromatic N) is 1. The number of fused-ring (bicyclic) bond motifs is 1. The second kappa shape index (κ2) is 32.5. The standard InChI is InChI=1S/C19H21NO.C16H12O4S.C16H18O.C13H10O3.C12H16O.Na/c1-20(2,3)18-12-8-16(9-13-18)6-4-5-7-17-10-14-19(21)15-11-17;17-15-6-3-11(4-7-15)12-1-2-14-10-16(21(18,19)20)8-5-13(14)9-12;1-16(2,3)13-10-8-12(9-11-13)14-6-4-5-7-15(14)17;14-12-4-2-1-3-11(12)9-5-7-10(8-6-9)13(15)16;13-12-9-5-4-8-11(12)10-6-2-1-3-7-10;/h4-15H,1-3H3;1-10,17H,(H,18,19,20);4-11,17H,1-3H3;1-8,14H,(H,15,16);4-5,8-10,13H,1-3,6-7H2;/q;;;;;+1/p-1/b6-4+,7-5+;;;;;. The molecule has 0 heterocycles. The minimum Gasteiger partial charge on any atom is -0.872 e. The van der Waals surface area contributed by atoms with E-state index < -0.39 is 16.1 Å². The maximum atomic E-state index is 11.5. The van der Waals surface area contributed by atoms with Crippen molar-refractivity contribution in [2.75, 3.05) is 21.1 Å². The van der Waals surface area contributed by atoms with Crippen molar-refractivity contribution in [2.24, 2.45) is 0 Å². The second-order valence-electron chi connectivity index (χ2n) is 23.3. The minimum atomic E-state index is -4.44. The third-order valence-corrected chi connectivity index (χ3v) is 15.7. The number of rotatable bonds is 10. The quantitative estimate of drug-likeness (QED) is 0.0380. The van der Waals surface area contributed by atoms with Crippen LogP contribution < -0.4 is 39.1 Å². The summed E-state index contributed by atoms with van der Waals surface area (Å²) in [5.74, 6) is 0.873. The Morgan fingerprint density at radius 1 is 0.517 bits per heavy atom. The number of para-hydroxylation sites is 3. The van der Waals surface area contributed by atoms with E-state index in [1.54, 1.807) is 91.0 Å². The Kier molecular flexibility index (Phi) is 25.3. The van der Waals surface area contributed by atoms with Gasteiger partial charge in [0.25, 0.3) is 0 Å². The Hall–Kier alpha value is -8.72. The molecule has 0 atom stereocenters. The summed E-state index contributed by atoms with van der Waals surface area (Å²) >= 11 is 0. The molecule has 0 aromatic heterocycles. The van der Waals surface area contributed by atoms with Gasteiger partial charge in [0.2, 0.25) is 0 Å². The summed E-state index contributed by atoms with van der Waals surface area (Å²) in [6.45, 7) is 6.59. The number of carbonyl (C=O) groups is 1. The van der Waals surface area contributed by atoms with Crippen molar-refractivity contribution >= 4 is 44.7 Å². The summed E-state index contributed by atoms with van der Waals surface area (Å²) in [6, 6.07) is 68.8. The van der Waals surface area contributed by atoms with Crippen molar-refractivity contribution in [3.63, 3.8) is 0 Å².